The lowest BCUT2D eigenvalue weighted by Crippen LogP contribution is -2.12. The Labute approximate surface area is 107 Å². The van der Waals surface area contributed by atoms with E-state index in [1.165, 1.54) is 0 Å². The predicted molar refractivity (Wildman–Crippen MR) is 73.5 cm³/mol. The van der Waals surface area contributed by atoms with Gasteiger partial charge in [0.2, 0.25) is 0 Å². The van der Waals surface area contributed by atoms with E-state index < -0.39 is 0 Å². The summed E-state index contributed by atoms with van der Waals surface area (Å²) in [7, 11) is 1.88. The number of phenols is 1. The van der Waals surface area contributed by atoms with Crippen LogP contribution in [0.2, 0.25) is 0 Å². The molecule has 0 aliphatic heterocycles. The lowest BCUT2D eigenvalue weighted by molar-refractivity contribution is 0.475. The van der Waals surface area contributed by atoms with E-state index in [9.17, 15) is 5.11 Å². The molecule has 0 unspecified atom stereocenters. The van der Waals surface area contributed by atoms with E-state index >= 15 is 0 Å². The maximum absolute atomic E-state index is 9.32. The van der Waals surface area contributed by atoms with Crippen molar-refractivity contribution in [1.29, 1.82) is 0 Å². The van der Waals surface area contributed by atoms with Gasteiger partial charge in [-0.1, -0.05) is 20.8 Å². The molecule has 96 valence electrons. The minimum atomic E-state index is 0.00771. The molecule has 0 aliphatic carbocycles. The van der Waals surface area contributed by atoms with Crippen molar-refractivity contribution in [3.8, 4) is 11.4 Å². The molecule has 0 spiro atoms. The van der Waals surface area contributed by atoms with Gasteiger partial charge in [-0.2, -0.15) is 5.10 Å². The van der Waals surface area contributed by atoms with Gasteiger partial charge in [0.25, 0.3) is 0 Å². The van der Waals surface area contributed by atoms with Gasteiger partial charge >= 0.3 is 0 Å². The molecule has 0 saturated carbocycles. The van der Waals surface area contributed by atoms with Crippen LogP contribution in [0, 0.1) is 0 Å². The summed E-state index contributed by atoms with van der Waals surface area (Å²) in [6.45, 7) is 6.40. The smallest absolute Gasteiger partial charge is 0.129 e. The van der Waals surface area contributed by atoms with Crippen LogP contribution in [0.3, 0.4) is 0 Å². The first-order valence-electron chi connectivity index (χ1n) is 5.99. The predicted octanol–water partition coefficient (Wildman–Crippen LogP) is 2.92. The van der Waals surface area contributed by atoms with Gasteiger partial charge in [0.1, 0.15) is 11.6 Å². The molecule has 0 bridgehead atoms. The standard InChI is InChI=1S/C14H19N3O/c1-14(2,3)12-9-13(15-4)17(16-12)10-5-7-11(18)8-6-10/h5-9,15,18H,1-4H3. The largest absolute Gasteiger partial charge is 0.508 e. The maximum Gasteiger partial charge on any atom is 0.129 e. The molecule has 0 amide bonds. The normalized spacial score (nSPS) is 11.6. The third-order valence-corrected chi connectivity index (χ3v) is 2.83. The molecule has 2 rings (SSSR count). The van der Waals surface area contributed by atoms with Crippen molar-refractivity contribution in [1.82, 2.24) is 9.78 Å². The lowest BCUT2D eigenvalue weighted by atomic mass is 9.92. The fraction of sp³-hybridized carbons (Fsp3) is 0.357. The Hall–Kier alpha value is -1.97. The molecule has 0 fully saturated rings. The lowest BCUT2D eigenvalue weighted by Gasteiger charge is -2.14. The van der Waals surface area contributed by atoms with Crippen LogP contribution in [-0.4, -0.2) is 21.9 Å². The third-order valence-electron chi connectivity index (χ3n) is 2.83. The van der Waals surface area contributed by atoms with Gasteiger partial charge in [-0.3, -0.25) is 0 Å². The molecule has 0 atom stereocenters. The van der Waals surface area contributed by atoms with Gasteiger partial charge < -0.3 is 10.4 Å². The Bertz CT molecular complexity index is 535. The molecule has 18 heavy (non-hydrogen) atoms. The number of aromatic nitrogens is 2. The number of aromatic hydroxyl groups is 1. The van der Waals surface area contributed by atoms with Crippen molar-refractivity contribution in [3.05, 3.63) is 36.0 Å². The number of anilines is 1. The first kappa shape index (κ1) is 12.5. The highest BCUT2D eigenvalue weighted by molar-refractivity contribution is 5.48. The second kappa shape index (κ2) is 4.37. The summed E-state index contributed by atoms with van der Waals surface area (Å²) in [5.41, 5.74) is 1.96. The Morgan fingerprint density at radius 3 is 2.28 bits per heavy atom. The van der Waals surface area contributed by atoms with E-state index in [4.69, 9.17) is 0 Å². The zero-order chi connectivity index (χ0) is 13.3. The van der Waals surface area contributed by atoms with Crippen molar-refractivity contribution in [2.24, 2.45) is 0 Å². The van der Waals surface area contributed by atoms with Gasteiger partial charge in [-0.25, -0.2) is 4.68 Å². The SMILES string of the molecule is CNc1cc(C(C)(C)C)nn1-c1ccc(O)cc1. The van der Waals surface area contributed by atoms with Crippen LogP contribution in [-0.2, 0) is 5.41 Å². The van der Waals surface area contributed by atoms with Crippen molar-refractivity contribution in [3.63, 3.8) is 0 Å². The highest BCUT2D eigenvalue weighted by Gasteiger charge is 2.19. The van der Waals surface area contributed by atoms with E-state index in [2.05, 4.69) is 31.2 Å². The van der Waals surface area contributed by atoms with Crippen LogP contribution >= 0.6 is 0 Å². The summed E-state index contributed by atoms with van der Waals surface area (Å²) >= 11 is 0. The molecule has 0 aliphatic rings. The Kier molecular flexibility index (Phi) is 3.03. The summed E-state index contributed by atoms with van der Waals surface area (Å²) in [5.74, 6) is 1.19. The summed E-state index contributed by atoms with van der Waals surface area (Å²) in [4.78, 5) is 0. The van der Waals surface area contributed by atoms with E-state index in [0.717, 1.165) is 17.2 Å². The number of nitrogens with zero attached hydrogens (tertiary/aromatic N) is 2. The van der Waals surface area contributed by atoms with Crippen LogP contribution in [0.25, 0.3) is 5.69 Å². The second-order valence-corrected chi connectivity index (χ2v) is 5.34. The molecule has 1 aromatic heterocycles. The minimum absolute atomic E-state index is 0.00771. The Morgan fingerprint density at radius 1 is 1.17 bits per heavy atom. The van der Waals surface area contributed by atoms with Crippen LogP contribution in [0.5, 0.6) is 5.75 Å². The molecular weight excluding hydrogens is 226 g/mol. The number of phenolic OH excluding ortho intramolecular Hbond substituents is 1. The molecule has 4 heteroatoms. The molecule has 2 aromatic rings. The number of nitrogens with one attached hydrogen (secondary N) is 1. The van der Waals surface area contributed by atoms with Crippen LogP contribution in [0.1, 0.15) is 26.5 Å². The van der Waals surface area contributed by atoms with Crippen molar-refractivity contribution >= 4 is 5.82 Å². The fourth-order valence-corrected chi connectivity index (χ4v) is 1.72. The minimum Gasteiger partial charge on any atom is -0.508 e. The van der Waals surface area contributed by atoms with Crippen molar-refractivity contribution < 1.29 is 5.11 Å². The maximum atomic E-state index is 9.32. The van der Waals surface area contributed by atoms with E-state index in [-0.39, 0.29) is 11.2 Å². The Balaban J connectivity index is 2.50. The summed E-state index contributed by atoms with van der Waals surface area (Å²) in [6, 6.07) is 9.05. The average Bonchev–Trinajstić information content (AvgIpc) is 2.73. The molecule has 4 nitrogen and oxygen atoms in total. The van der Waals surface area contributed by atoms with E-state index in [1.54, 1.807) is 12.1 Å². The molecule has 0 saturated heterocycles. The topological polar surface area (TPSA) is 50.1 Å². The third kappa shape index (κ3) is 2.32. The van der Waals surface area contributed by atoms with Gasteiger partial charge in [0.15, 0.2) is 0 Å². The van der Waals surface area contributed by atoms with Gasteiger partial charge in [0, 0.05) is 18.5 Å². The zero-order valence-corrected chi connectivity index (χ0v) is 11.2. The fourth-order valence-electron chi connectivity index (χ4n) is 1.72. The highest BCUT2D eigenvalue weighted by atomic mass is 16.3. The van der Waals surface area contributed by atoms with E-state index in [0.29, 0.717) is 0 Å². The average molecular weight is 245 g/mol. The number of benzene rings is 1. The number of rotatable bonds is 2. The van der Waals surface area contributed by atoms with Crippen LogP contribution in [0.15, 0.2) is 30.3 Å². The first-order chi connectivity index (χ1) is 8.41. The molecule has 1 heterocycles. The monoisotopic (exact) mass is 245 g/mol. The quantitative estimate of drug-likeness (QED) is 0.855. The van der Waals surface area contributed by atoms with E-state index in [1.807, 2.05) is 29.9 Å². The van der Waals surface area contributed by atoms with Gasteiger partial charge in [-0.15, -0.1) is 0 Å². The Morgan fingerprint density at radius 2 is 1.78 bits per heavy atom. The summed E-state index contributed by atoms with van der Waals surface area (Å²) in [6.07, 6.45) is 0. The zero-order valence-electron chi connectivity index (χ0n) is 11.2. The van der Waals surface area contributed by atoms with Crippen LogP contribution in [0.4, 0.5) is 5.82 Å². The number of hydrogen-bond acceptors (Lipinski definition) is 3. The van der Waals surface area contributed by atoms with Crippen molar-refractivity contribution in [2.75, 3.05) is 12.4 Å². The van der Waals surface area contributed by atoms with Gasteiger partial charge in [-0.05, 0) is 24.3 Å². The van der Waals surface area contributed by atoms with Crippen LogP contribution < -0.4 is 5.32 Å². The first-order valence-corrected chi connectivity index (χ1v) is 5.99. The molecule has 0 radical (unpaired) electrons. The van der Waals surface area contributed by atoms with Gasteiger partial charge in [0.05, 0.1) is 11.4 Å². The summed E-state index contributed by atoms with van der Waals surface area (Å²) < 4.78 is 1.85. The molecule has 1 aromatic carbocycles. The summed E-state index contributed by atoms with van der Waals surface area (Å²) in [5, 5.41) is 17.1. The number of hydrogen-bond donors (Lipinski definition) is 2. The van der Waals surface area contributed by atoms with Crippen molar-refractivity contribution in [2.45, 2.75) is 26.2 Å². The molecular formula is C14H19N3O. The highest BCUT2D eigenvalue weighted by Crippen LogP contribution is 2.26. The molecule has 2 N–H and O–H groups in total. The second-order valence-electron chi connectivity index (χ2n) is 5.34.